The lowest BCUT2D eigenvalue weighted by Crippen LogP contribution is -2.17. The fourth-order valence-corrected chi connectivity index (χ4v) is 0. The van der Waals surface area contributed by atoms with Crippen molar-refractivity contribution in [1.82, 2.24) is 6.15 Å². The Morgan fingerprint density at radius 1 is 1.75 bits per heavy atom. The van der Waals surface area contributed by atoms with Crippen LogP contribution in [0.25, 0.3) is 0 Å². The van der Waals surface area contributed by atoms with Crippen LogP contribution in [0.4, 0.5) is 0 Å². The van der Waals surface area contributed by atoms with E-state index in [1.165, 1.54) is 6.38 Å². The number of aliphatic carboxylic acids is 1. The molecule has 0 amide bonds. The van der Waals surface area contributed by atoms with Crippen molar-refractivity contribution in [1.29, 1.82) is 0 Å². The Morgan fingerprint density at radius 3 is 1.88 bits per heavy atom. The van der Waals surface area contributed by atoms with E-state index in [1.54, 1.807) is 0 Å². The third-order valence-corrected chi connectivity index (χ3v) is 0.167. The van der Waals surface area contributed by atoms with Crippen LogP contribution in [0.3, 0.4) is 0 Å². The third-order valence-electron chi connectivity index (χ3n) is 0.167. The van der Waals surface area contributed by atoms with Gasteiger partial charge in [-0.1, -0.05) is 6.58 Å². The van der Waals surface area contributed by atoms with E-state index in [0.29, 0.717) is 0 Å². The van der Waals surface area contributed by atoms with E-state index in [1.807, 2.05) is 0 Å². The molecule has 0 fully saturated rings. The Labute approximate surface area is 53.5 Å². The summed E-state index contributed by atoms with van der Waals surface area (Å²) in [6, 6.07) is 0. The number of hydrogen-bond acceptors (Lipinski definition) is 2. The second-order valence-corrected chi connectivity index (χ2v) is 0.523. The summed E-state index contributed by atoms with van der Waals surface area (Å²) in [7, 11) is 0. The first-order valence-corrected chi connectivity index (χ1v) is 2.24. The highest BCUT2D eigenvalue weighted by Crippen LogP contribution is 1.47. The van der Waals surface area contributed by atoms with E-state index in [2.05, 4.69) is 18.2 Å². The molecule has 0 aliphatic carbocycles. The van der Waals surface area contributed by atoms with Gasteiger partial charge in [0.15, 0.2) is 0 Å². The average molecular weight is 140 g/mol. The van der Waals surface area contributed by atoms with Crippen molar-refractivity contribution < 1.29 is 9.90 Å². The van der Waals surface area contributed by atoms with E-state index in [0.717, 1.165) is 6.08 Å². The lowest BCUT2D eigenvalue weighted by atomic mass is 10.7. The number of alkyl halides is 1. The third kappa shape index (κ3) is 51.0. The van der Waals surface area contributed by atoms with Gasteiger partial charge in [0, 0.05) is 6.38 Å². The molecule has 0 aliphatic heterocycles. The Hall–Kier alpha value is -0.540. The molecule has 0 aliphatic rings. The van der Waals surface area contributed by atoms with Gasteiger partial charge in [0.2, 0.25) is 0 Å². The van der Waals surface area contributed by atoms with Crippen LogP contribution in [0.2, 0.25) is 0 Å². The molecule has 0 rings (SSSR count). The summed E-state index contributed by atoms with van der Waals surface area (Å²) in [4.78, 5) is 9.14. The van der Waals surface area contributed by atoms with Crippen LogP contribution in [0.15, 0.2) is 12.7 Å². The predicted octanol–water partition coefficient (Wildman–Crippen LogP) is 0.153. The molecule has 0 aromatic rings. The van der Waals surface area contributed by atoms with Crippen molar-refractivity contribution in [3.8, 4) is 0 Å². The van der Waals surface area contributed by atoms with Gasteiger partial charge in [-0.25, -0.2) is 0 Å². The number of hydrogen-bond donors (Lipinski definition) is 1. The van der Waals surface area contributed by atoms with Gasteiger partial charge in [-0.05, 0) is 6.08 Å². The average Bonchev–Trinajstić information content (AvgIpc) is 1.73. The summed E-state index contributed by atoms with van der Waals surface area (Å²) in [5, 5.41) is 9.14. The van der Waals surface area contributed by atoms with Crippen molar-refractivity contribution in [2.24, 2.45) is 0 Å². The van der Waals surface area contributed by atoms with E-state index in [-0.39, 0.29) is 6.15 Å². The highest BCUT2D eigenvalue weighted by molar-refractivity contribution is 6.15. The van der Waals surface area contributed by atoms with E-state index in [4.69, 9.17) is 9.90 Å². The SMILES string of the molecule is C=CC(=O)[O-].CCl.[NH4+]. The molecule has 0 saturated carbocycles. The van der Waals surface area contributed by atoms with Gasteiger partial charge in [0.05, 0.1) is 5.97 Å². The second kappa shape index (κ2) is 16.1. The van der Waals surface area contributed by atoms with E-state index >= 15 is 0 Å². The van der Waals surface area contributed by atoms with Crippen molar-refractivity contribution in [3.05, 3.63) is 12.7 Å². The van der Waals surface area contributed by atoms with Crippen molar-refractivity contribution in [3.63, 3.8) is 0 Å². The van der Waals surface area contributed by atoms with Gasteiger partial charge >= 0.3 is 0 Å². The standard InChI is InChI=1S/C3H4O2.CH3Cl.H3N/c1-2-3(4)5;1-2;/h2H,1H2,(H,4,5);1H3;1H3. The smallest absolute Gasteiger partial charge is 0.0636 e. The Bertz CT molecular complexity index is 65.1. The van der Waals surface area contributed by atoms with Gasteiger partial charge < -0.3 is 16.1 Å². The van der Waals surface area contributed by atoms with Crippen LogP contribution in [-0.4, -0.2) is 12.4 Å². The monoisotopic (exact) mass is 139 g/mol. The van der Waals surface area contributed by atoms with E-state index in [9.17, 15) is 0 Å². The molecule has 0 spiro atoms. The summed E-state index contributed by atoms with van der Waals surface area (Å²) in [5.41, 5.74) is 0. The lowest BCUT2D eigenvalue weighted by Gasteiger charge is -1.81. The molecule has 0 unspecified atom stereocenters. The maximum atomic E-state index is 9.14. The molecule has 4 heteroatoms. The summed E-state index contributed by atoms with van der Waals surface area (Å²) >= 11 is 4.64. The molecule has 0 heterocycles. The zero-order valence-electron chi connectivity index (χ0n) is 4.98. The van der Waals surface area contributed by atoms with Crippen LogP contribution in [0.1, 0.15) is 0 Å². The number of rotatable bonds is 1. The summed E-state index contributed by atoms with van der Waals surface area (Å²) in [6.07, 6.45) is 2.19. The molecule has 3 nitrogen and oxygen atoms in total. The lowest BCUT2D eigenvalue weighted by molar-refractivity contribution is -0.297. The first-order valence-electron chi connectivity index (χ1n) is 1.48. The minimum absolute atomic E-state index is 0. The number of quaternary nitrogens is 1. The van der Waals surface area contributed by atoms with Crippen molar-refractivity contribution in [2.45, 2.75) is 0 Å². The largest absolute Gasteiger partial charge is 0.545 e. The molecule has 0 bridgehead atoms. The zero-order chi connectivity index (χ0) is 6.28. The van der Waals surface area contributed by atoms with Gasteiger partial charge in [-0.2, -0.15) is 0 Å². The van der Waals surface area contributed by atoms with Gasteiger partial charge in [-0.3, -0.25) is 0 Å². The quantitative estimate of drug-likeness (QED) is 0.415. The van der Waals surface area contributed by atoms with Crippen LogP contribution >= 0.6 is 11.6 Å². The number of halogens is 1. The fraction of sp³-hybridized carbons (Fsp3) is 0.250. The van der Waals surface area contributed by atoms with Crippen molar-refractivity contribution >= 4 is 17.6 Å². The normalized spacial score (nSPS) is 4.75. The Kier molecular flexibility index (Phi) is 31.5. The molecular formula is C4H10ClNO2. The maximum absolute atomic E-state index is 9.14. The summed E-state index contributed by atoms with van der Waals surface area (Å²) in [6.45, 7) is 2.90. The molecule has 0 radical (unpaired) electrons. The molecular weight excluding hydrogens is 130 g/mol. The minimum Gasteiger partial charge on any atom is -0.545 e. The zero-order valence-corrected chi connectivity index (χ0v) is 5.73. The molecule has 0 saturated heterocycles. The van der Waals surface area contributed by atoms with Crippen LogP contribution in [0.5, 0.6) is 0 Å². The number of carboxylic acid groups (broad SMARTS) is 1. The fourth-order valence-electron chi connectivity index (χ4n) is 0. The van der Waals surface area contributed by atoms with Crippen LogP contribution in [-0.2, 0) is 4.79 Å². The summed E-state index contributed by atoms with van der Waals surface area (Å²) in [5.74, 6) is -1.23. The first kappa shape index (κ1) is 15.7. The molecule has 4 N–H and O–H groups in total. The minimum atomic E-state index is -1.23. The first-order chi connectivity index (χ1) is 3.27. The van der Waals surface area contributed by atoms with Gasteiger partial charge in [0.1, 0.15) is 0 Å². The topological polar surface area (TPSA) is 76.6 Å². The highest BCUT2D eigenvalue weighted by atomic mass is 35.5. The molecule has 8 heavy (non-hydrogen) atoms. The van der Waals surface area contributed by atoms with Gasteiger partial charge in [0.25, 0.3) is 0 Å². The Morgan fingerprint density at radius 2 is 1.88 bits per heavy atom. The van der Waals surface area contributed by atoms with E-state index < -0.39 is 5.97 Å². The molecule has 0 aromatic carbocycles. The number of carboxylic acids is 1. The summed E-state index contributed by atoms with van der Waals surface area (Å²) < 4.78 is 0. The van der Waals surface area contributed by atoms with Crippen LogP contribution in [0, 0.1) is 0 Å². The van der Waals surface area contributed by atoms with Crippen LogP contribution < -0.4 is 11.3 Å². The molecule has 0 atom stereocenters. The number of carbonyl (C=O) groups is 1. The van der Waals surface area contributed by atoms with Gasteiger partial charge in [-0.15, -0.1) is 11.6 Å². The molecule has 0 aromatic heterocycles. The Balaban J connectivity index is -0.0000000750. The second-order valence-electron chi connectivity index (χ2n) is 0.523. The number of carbonyl (C=O) groups excluding carboxylic acids is 1. The highest BCUT2D eigenvalue weighted by Gasteiger charge is 1.55. The maximum Gasteiger partial charge on any atom is 0.0636 e. The predicted molar refractivity (Wildman–Crippen MR) is 33.0 cm³/mol. The molecule has 50 valence electrons. The van der Waals surface area contributed by atoms with Crippen molar-refractivity contribution in [2.75, 3.05) is 6.38 Å².